The van der Waals surface area contributed by atoms with Crippen LogP contribution in [-0.4, -0.2) is 31.5 Å². The SMILES string of the molecule is CC(C)(C)Oc1ccc(Oc2ccc(Oc3ccc(-c4ccc(C(C)(C)C)cc4S(=O)(=O)O)c(S(=O)(=O)O)c3)cc2)cc1. The van der Waals surface area contributed by atoms with Crippen LogP contribution in [0.25, 0.3) is 11.1 Å². The monoisotopic (exact) mass is 626 g/mol. The highest BCUT2D eigenvalue weighted by atomic mass is 32.2. The third-order valence-electron chi connectivity index (χ3n) is 6.19. The standard InChI is InChI=1S/C32H34O9S2/c1-31(2,3)21-7-17-27(29(19-21)42(33,34)35)28-18-16-26(20-30(28)43(36,37)38)40-24-10-8-22(9-11-24)39-23-12-14-25(15-13-23)41-32(4,5)6/h7-20H,1-6H3,(H,33,34,35)(H,36,37,38). The lowest BCUT2D eigenvalue weighted by molar-refractivity contribution is 0.131. The van der Waals surface area contributed by atoms with Crippen LogP contribution in [0.2, 0.25) is 0 Å². The van der Waals surface area contributed by atoms with Gasteiger partial charge >= 0.3 is 0 Å². The molecule has 0 unspecified atom stereocenters. The van der Waals surface area contributed by atoms with Crippen molar-refractivity contribution in [2.24, 2.45) is 0 Å². The van der Waals surface area contributed by atoms with Crippen LogP contribution in [-0.2, 0) is 25.7 Å². The fourth-order valence-corrected chi connectivity index (χ4v) is 5.66. The zero-order chi connectivity index (χ0) is 31.8. The normalized spacial score (nSPS) is 12.6. The molecule has 43 heavy (non-hydrogen) atoms. The largest absolute Gasteiger partial charge is 0.488 e. The van der Waals surface area contributed by atoms with Crippen molar-refractivity contribution < 1.29 is 40.2 Å². The maximum Gasteiger partial charge on any atom is 0.295 e. The van der Waals surface area contributed by atoms with Gasteiger partial charge in [0.1, 0.15) is 44.1 Å². The molecule has 4 aromatic rings. The highest BCUT2D eigenvalue weighted by Crippen LogP contribution is 2.38. The van der Waals surface area contributed by atoms with Gasteiger partial charge in [-0.15, -0.1) is 0 Å². The number of rotatable bonds is 8. The summed E-state index contributed by atoms with van der Waals surface area (Å²) < 4.78 is 86.8. The van der Waals surface area contributed by atoms with Gasteiger partial charge in [0, 0.05) is 17.2 Å². The summed E-state index contributed by atoms with van der Waals surface area (Å²) >= 11 is 0. The van der Waals surface area contributed by atoms with E-state index in [1.165, 1.54) is 24.3 Å². The van der Waals surface area contributed by atoms with Gasteiger partial charge in [-0.3, -0.25) is 9.11 Å². The lowest BCUT2D eigenvalue weighted by Gasteiger charge is -2.21. The van der Waals surface area contributed by atoms with Gasteiger partial charge in [-0.25, -0.2) is 0 Å². The van der Waals surface area contributed by atoms with Gasteiger partial charge < -0.3 is 14.2 Å². The molecule has 0 fully saturated rings. The van der Waals surface area contributed by atoms with E-state index in [1.54, 1.807) is 42.5 Å². The first-order chi connectivity index (χ1) is 19.8. The van der Waals surface area contributed by atoms with Crippen molar-refractivity contribution in [2.45, 2.75) is 62.3 Å². The number of ether oxygens (including phenoxy) is 3. The van der Waals surface area contributed by atoms with E-state index in [1.807, 2.05) is 53.7 Å². The zero-order valence-electron chi connectivity index (χ0n) is 24.7. The maximum atomic E-state index is 12.4. The Bertz CT molecular complexity index is 1830. The molecule has 0 atom stereocenters. The second-order valence-corrected chi connectivity index (χ2v) is 14.7. The summed E-state index contributed by atoms with van der Waals surface area (Å²) in [6.45, 7) is 11.5. The van der Waals surface area contributed by atoms with Crippen molar-refractivity contribution in [1.82, 2.24) is 0 Å². The van der Waals surface area contributed by atoms with Gasteiger partial charge in [-0.1, -0.05) is 32.9 Å². The summed E-state index contributed by atoms with van der Waals surface area (Å²) in [6.07, 6.45) is 0. The molecule has 2 N–H and O–H groups in total. The Morgan fingerprint density at radius 3 is 1.30 bits per heavy atom. The third-order valence-corrected chi connectivity index (χ3v) is 7.98. The Hall–Kier alpha value is -3.90. The molecule has 0 saturated carbocycles. The summed E-state index contributed by atoms with van der Waals surface area (Å²) in [4.78, 5) is -1.07. The van der Waals surface area contributed by atoms with E-state index in [0.29, 0.717) is 22.8 Å². The minimum Gasteiger partial charge on any atom is -0.488 e. The summed E-state index contributed by atoms with van der Waals surface area (Å²) in [5.41, 5.74) is -0.370. The van der Waals surface area contributed by atoms with E-state index in [4.69, 9.17) is 14.2 Å². The van der Waals surface area contributed by atoms with Crippen molar-refractivity contribution in [3.05, 3.63) is 90.5 Å². The summed E-state index contributed by atoms with van der Waals surface area (Å²) in [5.74, 6) is 2.27. The average Bonchev–Trinajstić information content (AvgIpc) is 2.88. The highest BCUT2D eigenvalue weighted by Gasteiger charge is 2.26. The lowest BCUT2D eigenvalue weighted by Crippen LogP contribution is -2.22. The smallest absolute Gasteiger partial charge is 0.295 e. The van der Waals surface area contributed by atoms with Crippen molar-refractivity contribution in [1.29, 1.82) is 0 Å². The van der Waals surface area contributed by atoms with Crippen LogP contribution >= 0.6 is 0 Å². The van der Waals surface area contributed by atoms with E-state index in [-0.39, 0.29) is 22.5 Å². The molecule has 0 aliphatic heterocycles. The lowest BCUT2D eigenvalue weighted by atomic mass is 9.86. The molecule has 9 nitrogen and oxygen atoms in total. The maximum absolute atomic E-state index is 12.4. The van der Waals surface area contributed by atoms with Crippen LogP contribution in [0.3, 0.4) is 0 Å². The molecule has 0 amide bonds. The zero-order valence-corrected chi connectivity index (χ0v) is 26.3. The molecule has 0 heterocycles. The minimum absolute atomic E-state index is 0.0687. The molecular formula is C32H34O9S2. The molecule has 11 heteroatoms. The summed E-state index contributed by atoms with van der Waals surface area (Å²) in [7, 11) is -9.58. The number of hydrogen-bond acceptors (Lipinski definition) is 7. The second-order valence-electron chi connectivity index (χ2n) is 11.9. The van der Waals surface area contributed by atoms with E-state index >= 15 is 0 Å². The van der Waals surface area contributed by atoms with Gasteiger partial charge in [-0.05, 0) is 98.5 Å². The molecule has 228 valence electrons. The van der Waals surface area contributed by atoms with Crippen molar-refractivity contribution in [2.75, 3.05) is 0 Å². The molecule has 0 saturated heterocycles. The molecule has 0 spiro atoms. The van der Waals surface area contributed by atoms with E-state index in [0.717, 1.165) is 11.8 Å². The van der Waals surface area contributed by atoms with Gasteiger partial charge in [0.25, 0.3) is 20.2 Å². The predicted octanol–water partition coefficient (Wildman–Crippen LogP) is 7.91. The van der Waals surface area contributed by atoms with E-state index in [2.05, 4.69) is 0 Å². The molecule has 0 aliphatic rings. The van der Waals surface area contributed by atoms with Crippen LogP contribution in [0.15, 0.2) is 94.7 Å². The molecule has 0 bridgehead atoms. The first-order valence-corrected chi connectivity index (χ1v) is 16.2. The fraction of sp³-hybridized carbons (Fsp3) is 0.250. The topological polar surface area (TPSA) is 136 Å². The second kappa shape index (κ2) is 11.6. The van der Waals surface area contributed by atoms with E-state index < -0.39 is 35.4 Å². The predicted molar refractivity (Wildman–Crippen MR) is 164 cm³/mol. The Morgan fingerprint density at radius 1 is 0.512 bits per heavy atom. The van der Waals surface area contributed by atoms with Crippen molar-refractivity contribution >= 4 is 20.2 Å². The Labute approximate surface area is 252 Å². The van der Waals surface area contributed by atoms with Gasteiger partial charge in [0.2, 0.25) is 0 Å². The van der Waals surface area contributed by atoms with Crippen LogP contribution in [0, 0.1) is 0 Å². The average molecular weight is 627 g/mol. The summed E-state index contributed by atoms with van der Waals surface area (Å²) in [5, 5.41) is 0. The molecule has 4 aromatic carbocycles. The van der Waals surface area contributed by atoms with Gasteiger partial charge in [0.15, 0.2) is 0 Å². The van der Waals surface area contributed by atoms with Gasteiger partial charge in [-0.2, -0.15) is 16.8 Å². The highest BCUT2D eigenvalue weighted by molar-refractivity contribution is 7.86. The minimum atomic E-state index is -4.84. The first-order valence-electron chi connectivity index (χ1n) is 13.3. The first kappa shape index (κ1) is 32.0. The number of hydrogen-bond donors (Lipinski definition) is 2. The molecule has 0 aromatic heterocycles. The van der Waals surface area contributed by atoms with Crippen molar-refractivity contribution in [3.63, 3.8) is 0 Å². The number of benzene rings is 4. The third kappa shape index (κ3) is 8.35. The molecule has 4 rings (SSSR count). The van der Waals surface area contributed by atoms with Crippen LogP contribution in [0.5, 0.6) is 28.7 Å². The van der Waals surface area contributed by atoms with Crippen LogP contribution in [0.4, 0.5) is 0 Å². The molecule has 0 radical (unpaired) electrons. The Kier molecular flexibility index (Phi) is 8.67. The summed E-state index contributed by atoms with van der Waals surface area (Å²) in [6, 6.07) is 21.9. The molecule has 0 aliphatic carbocycles. The quantitative estimate of drug-likeness (QED) is 0.187. The Morgan fingerprint density at radius 2 is 0.884 bits per heavy atom. The van der Waals surface area contributed by atoms with E-state index in [9.17, 15) is 25.9 Å². The van der Waals surface area contributed by atoms with Gasteiger partial charge in [0.05, 0.1) is 0 Å². The van der Waals surface area contributed by atoms with Crippen molar-refractivity contribution in [3.8, 4) is 39.9 Å². The Balaban J connectivity index is 1.60. The molecular weight excluding hydrogens is 592 g/mol. The fourth-order valence-electron chi connectivity index (χ4n) is 4.20. The van der Waals surface area contributed by atoms with Crippen LogP contribution in [0.1, 0.15) is 47.1 Å². The van der Waals surface area contributed by atoms with Crippen LogP contribution < -0.4 is 14.2 Å².